The molecule has 0 saturated carbocycles. The van der Waals surface area contributed by atoms with E-state index in [-0.39, 0.29) is 11.9 Å². The Hall–Kier alpha value is -1.51. The van der Waals surface area contributed by atoms with Crippen molar-refractivity contribution < 1.29 is 9.53 Å². The van der Waals surface area contributed by atoms with Crippen molar-refractivity contribution in [2.24, 2.45) is 5.92 Å². The van der Waals surface area contributed by atoms with Gasteiger partial charge in [0.25, 0.3) is 0 Å². The fraction of sp³-hybridized carbons (Fsp3) is 0.533. The van der Waals surface area contributed by atoms with Gasteiger partial charge in [-0.3, -0.25) is 4.79 Å². The van der Waals surface area contributed by atoms with Crippen molar-refractivity contribution in [2.75, 3.05) is 12.0 Å². The molecule has 18 heavy (non-hydrogen) atoms. The van der Waals surface area contributed by atoms with Crippen molar-refractivity contribution >= 4 is 11.7 Å². The normalized spacial score (nSPS) is 35.5. The molecular formula is C15H17NO2. The summed E-state index contributed by atoms with van der Waals surface area (Å²) in [6, 6.07) is 9.59. The van der Waals surface area contributed by atoms with E-state index in [9.17, 15) is 4.79 Å². The first-order chi connectivity index (χ1) is 8.81. The highest BCUT2D eigenvalue weighted by molar-refractivity contribution is 5.79. The predicted octanol–water partition coefficient (Wildman–Crippen LogP) is 2.31. The first-order valence-electron chi connectivity index (χ1n) is 6.76. The van der Waals surface area contributed by atoms with E-state index in [4.69, 9.17) is 4.74 Å². The highest BCUT2D eigenvalue weighted by Gasteiger charge is 2.55. The third-order valence-corrected chi connectivity index (χ3v) is 5.01. The Balaban J connectivity index is 1.87. The SMILES string of the molecule is COC(=O)[C@H]1[C@@H]2C[C@@H]3CC[C@H]1N3c1ccccc12. The van der Waals surface area contributed by atoms with E-state index in [1.54, 1.807) is 0 Å². The summed E-state index contributed by atoms with van der Waals surface area (Å²) >= 11 is 0. The van der Waals surface area contributed by atoms with Gasteiger partial charge in [-0.05, 0) is 30.9 Å². The van der Waals surface area contributed by atoms with Crippen molar-refractivity contribution in [1.82, 2.24) is 0 Å². The molecule has 3 nitrogen and oxygen atoms in total. The van der Waals surface area contributed by atoms with Gasteiger partial charge in [0.1, 0.15) is 0 Å². The summed E-state index contributed by atoms with van der Waals surface area (Å²) in [5.41, 5.74) is 2.71. The lowest BCUT2D eigenvalue weighted by Crippen LogP contribution is -2.55. The summed E-state index contributed by atoms with van der Waals surface area (Å²) in [6.07, 6.45) is 3.48. The summed E-state index contributed by atoms with van der Waals surface area (Å²) in [5.74, 6) is 0.393. The lowest BCUT2D eigenvalue weighted by Gasteiger charge is -2.51. The maximum absolute atomic E-state index is 12.1. The van der Waals surface area contributed by atoms with Gasteiger partial charge in [0.15, 0.2) is 0 Å². The molecule has 4 bridgehead atoms. The average molecular weight is 243 g/mol. The van der Waals surface area contributed by atoms with Gasteiger partial charge >= 0.3 is 5.97 Å². The summed E-state index contributed by atoms with van der Waals surface area (Å²) < 4.78 is 5.04. The third-order valence-electron chi connectivity index (χ3n) is 5.01. The van der Waals surface area contributed by atoms with Gasteiger partial charge in [-0.2, -0.15) is 0 Å². The summed E-state index contributed by atoms with van der Waals surface area (Å²) in [6.45, 7) is 0. The minimum absolute atomic E-state index is 0.0233. The van der Waals surface area contributed by atoms with Crippen LogP contribution >= 0.6 is 0 Å². The molecule has 94 valence electrons. The number of esters is 1. The van der Waals surface area contributed by atoms with Crippen LogP contribution in [-0.4, -0.2) is 25.2 Å². The molecular weight excluding hydrogens is 226 g/mol. The topological polar surface area (TPSA) is 29.5 Å². The average Bonchev–Trinajstić information content (AvgIpc) is 2.76. The van der Waals surface area contributed by atoms with Crippen molar-refractivity contribution in [2.45, 2.75) is 37.3 Å². The molecule has 4 atom stereocenters. The zero-order valence-corrected chi connectivity index (χ0v) is 10.5. The van der Waals surface area contributed by atoms with Crippen LogP contribution in [0.3, 0.4) is 0 Å². The first-order valence-corrected chi connectivity index (χ1v) is 6.76. The number of rotatable bonds is 1. The zero-order valence-electron chi connectivity index (χ0n) is 10.5. The smallest absolute Gasteiger partial charge is 0.311 e. The van der Waals surface area contributed by atoms with Crippen LogP contribution in [0, 0.1) is 5.92 Å². The number of benzene rings is 1. The van der Waals surface area contributed by atoms with E-state index in [1.807, 2.05) is 0 Å². The van der Waals surface area contributed by atoms with Gasteiger partial charge in [0, 0.05) is 23.7 Å². The van der Waals surface area contributed by atoms with Crippen molar-refractivity contribution in [1.29, 1.82) is 0 Å². The monoisotopic (exact) mass is 243 g/mol. The Morgan fingerprint density at radius 2 is 2.17 bits per heavy atom. The third kappa shape index (κ3) is 1.12. The maximum atomic E-state index is 12.1. The molecule has 0 radical (unpaired) electrons. The minimum Gasteiger partial charge on any atom is -0.469 e. The largest absolute Gasteiger partial charge is 0.469 e. The molecule has 5 rings (SSSR count). The summed E-state index contributed by atoms with van der Waals surface area (Å²) in [4.78, 5) is 14.6. The Kier molecular flexibility index (Phi) is 2.02. The molecule has 1 aromatic rings. The molecule has 0 spiro atoms. The van der Waals surface area contributed by atoms with Crippen LogP contribution in [0.25, 0.3) is 0 Å². The van der Waals surface area contributed by atoms with Gasteiger partial charge in [-0.25, -0.2) is 0 Å². The number of carbonyl (C=O) groups excluding carboxylic acids is 1. The molecule has 1 aromatic carbocycles. The highest BCUT2D eigenvalue weighted by Crippen LogP contribution is 2.56. The Morgan fingerprint density at radius 3 is 3.00 bits per heavy atom. The van der Waals surface area contributed by atoms with Gasteiger partial charge in [-0.15, -0.1) is 0 Å². The van der Waals surface area contributed by atoms with E-state index < -0.39 is 0 Å². The number of nitrogens with zero attached hydrogens (tertiary/aromatic N) is 1. The predicted molar refractivity (Wildman–Crippen MR) is 68.6 cm³/mol. The number of anilines is 1. The first kappa shape index (κ1) is 10.4. The Morgan fingerprint density at radius 1 is 1.33 bits per heavy atom. The molecule has 2 saturated heterocycles. The minimum atomic E-state index is -0.0233. The van der Waals surface area contributed by atoms with Crippen LogP contribution in [0.2, 0.25) is 0 Å². The second-order valence-electron chi connectivity index (χ2n) is 5.66. The fourth-order valence-corrected chi connectivity index (χ4v) is 4.39. The lowest BCUT2D eigenvalue weighted by atomic mass is 9.71. The summed E-state index contributed by atoms with van der Waals surface area (Å²) in [5, 5.41) is 0. The second-order valence-corrected chi connectivity index (χ2v) is 5.66. The van der Waals surface area contributed by atoms with Gasteiger partial charge in [-0.1, -0.05) is 18.2 Å². The number of hydrogen-bond acceptors (Lipinski definition) is 3. The highest BCUT2D eigenvalue weighted by atomic mass is 16.5. The molecule has 0 aliphatic carbocycles. The lowest BCUT2D eigenvalue weighted by molar-refractivity contribution is -0.147. The van der Waals surface area contributed by atoms with Crippen LogP contribution in [-0.2, 0) is 9.53 Å². The van der Waals surface area contributed by atoms with Crippen LogP contribution in [0.1, 0.15) is 30.7 Å². The molecule has 2 fully saturated rings. The molecule has 0 unspecified atom stereocenters. The van der Waals surface area contributed by atoms with E-state index >= 15 is 0 Å². The van der Waals surface area contributed by atoms with Crippen molar-refractivity contribution in [3.63, 3.8) is 0 Å². The molecule has 0 aromatic heterocycles. The number of carbonyl (C=O) groups is 1. The van der Waals surface area contributed by atoms with E-state index in [0.29, 0.717) is 18.0 Å². The van der Waals surface area contributed by atoms with Gasteiger partial charge in [0.2, 0.25) is 0 Å². The molecule has 4 aliphatic rings. The van der Waals surface area contributed by atoms with Crippen LogP contribution in [0.5, 0.6) is 0 Å². The standard InChI is InChI=1S/C15H17NO2/c1-18-15(17)14-11-8-9-6-7-13(14)16(9)12-5-3-2-4-10(11)12/h2-5,9,11,13-14H,6-8H2,1H3/t9-,11+,13+,14-/m0/s1. The van der Waals surface area contributed by atoms with Crippen molar-refractivity contribution in [3.8, 4) is 0 Å². The molecule has 0 amide bonds. The molecule has 4 aliphatic heterocycles. The number of piperidine rings is 1. The van der Waals surface area contributed by atoms with Gasteiger partial charge in [0.05, 0.1) is 13.0 Å². The Labute approximate surface area is 107 Å². The van der Waals surface area contributed by atoms with Crippen LogP contribution in [0.15, 0.2) is 24.3 Å². The molecule has 4 heterocycles. The van der Waals surface area contributed by atoms with Crippen molar-refractivity contribution in [3.05, 3.63) is 29.8 Å². The summed E-state index contributed by atoms with van der Waals surface area (Å²) in [7, 11) is 1.51. The fourth-order valence-electron chi connectivity index (χ4n) is 4.39. The quantitative estimate of drug-likeness (QED) is 0.709. The van der Waals surface area contributed by atoms with E-state index in [0.717, 1.165) is 12.8 Å². The Bertz CT molecular complexity index is 513. The van der Waals surface area contributed by atoms with Crippen LogP contribution < -0.4 is 4.90 Å². The molecule has 0 N–H and O–H groups in total. The van der Waals surface area contributed by atoms with Crippen LogP contribution in [0.4, 0.5) is 5.69 Å². The number of hydrogen-bond donors (Lipinski definition) is 0. The maximum Gasteiger partial charge on any atom is 0.311 e. The van der Waals surface area contributed by atoms with Gasteiger partial charge < -0.3 is 9.64 Å². The number of ether oxygens (including phenoxy) is 1. The van der Waals surface area contributed by atoms with E-state index in [1.165, 1.54) is 24.8 Å². The molecule has 3 heteroatoms. The number of para-hydroxylation sites is 1. The zero-order chi connectivity index (χ0) is 12.3. The second kappa shape index (κ2) is 3.50. The van der Waals surface area contributed by atoms with E-state index in [2.05, 4.69) is 29.2 Å². The number of methoxy groups -OCH3 is 1.